The van der Waals surface area contributed by atoms with Gasteiger partial charge >= 0.3 is 0 Å². The van der Waals surface area contributed by atoms with Gasteiger partial charge in [0.05, 0.1) is 11.9 Å². The molecule has 8 heteroatoms. The zero-order chi connectivity index (χ0) is 18.6. The second-order valence-electron chi connectivity index (χ2n) is 6.58. The summed E-state index contributed by atoms with van der Waals surface area (Å²) in [6, 6.07) is 5.91. The predicted molar refractivity (Wildman–Crippen MR) is 104 cm³/mol. The number of piperazine rings is 1. The Labute approximate surface area is 157 Å². The fraction of sp³-hybridized carbons (Fsp3) is 0.368. The quantitative estimate of drug-likeness (QED) is 0.740. The average molecular weight is 365 g/mol. The number of hydrogen-bond acceptors (Lipinski definition) is 6. The van der Waals surface area contributed by atoms with Gasteiger partial charge in [-0.2, -0.15) is 0 Å². The number of nitrogens with one attached hydrogen (secondary N) is 1. The van der Waals surface area contributed by atoms with Gasteiger partial charge in [0.15, 0.2) is 5.65 Å². The van der Waals surface area contributed by atoms with Crippen LogP contribution in [0, 0.1) is 6.92 Å². The first kappa shape index (κ1) is 17.3. The second kappa shape index (κ2) is 7.61. The highest BCUT2D eigenvalue weighted by Gasteiger charge is 2.21. The van der Waals surface area contributed by atoms with E-state index in [1.165, 1.54) is 0 Å². The van der Waals surface area contributed by atoms with E-state index in [4.69, 9.17) is 0 Å². The molecular formula is C19H23N7O. The first-order valence-electron chi connectivity index (χ1n) is 9.18. The minimum Gasteiger partial charge on any atom is -0.369 e. The third kappa shape index (κ3) is 3.69. The lowest BCUT2D eigenvalue weighted by molar-refractivity contribution is -0.131. The largest absolute Gasteiger partial charge is 0.369 e. The van der Waals surface area contributed by atoms with E-state index < -0.39 is 0 Å². The summed E-state index contributed by atoms with van der Waals surface area (Å²) < 4.78 is 1.96. The van der Waals surface area contributed by atoms with E-state index >= 15 is 0 Å². The van der Waals surface area contributed by atoms with Crippen LogP contribution in [-0.2, 0) is 4.79 Å². The first-order valence-corrected chi connectivity index (χ1v) is 9.18. The molecule has 0 atom stereocenters. The number of hydrogen-bond donors (Lipinski definition) is 1. The summed E-state index contributed by atoms with van der Waals surface area (Å²) in [5.41, 5.74) is 1.70. The Morgan fingerprint density at radius 3 is 2.81 bits per heavy atom. The van der Waals surface area contributed by atoms with Crippen LogP contribution in [0.2, 0.25) is 0 Å². The van der Waals surface area contributed by atoms with Crippen molar-refractivity contribution >= 4 is 23.2 Å². The van der Waals surface area contributed by atoms with Crippen molar-refractivity contribution < 1.29 is 4.79 Å². The van der Waals surface area contributed by atoms with Crippen molar-refractivity contribution in [1.29, 1.82) is 0 Å². The lowest BCUT2D eigenvalue weighted by atomic mass is 10.2. The van der Waals surface area contributed by atoms with Gasteiger partial charge in [-0.05, 0) is 19.1 Å². The van der Waals surface area contributed by atoms with Gasteiger partial charge in [-0.3, -0.25) is 14.2 Å². The molecule has 1 aliphatic rings. The zero-order valence-corrected chi connectivity index (χ0v) is 15.4. The number of amides is 1. The number of aryl methyl sites for hydroxylation is 1. The lowest BCUT2D eigenvalue weighted by Gasteiger charge is -2.35. The molecule has 0 unspecified atom stereocenters. The summed E-state index contributed by atoms with van der Waals surface area (Å²) in [4.78, 5) is 29.6. The molecule has 0 bridgehead atoms. The van der Waals surface area contributed by atoms with Gasteiger partial charge in [0.25, 0.3) is 0 Å². The minimum absolute atomic E-state index is 0.177. The molecule has 0 radical (unpaired) electrons. The van der Waals surface area contributed by atoms with Crippen LogP contribution in [0.3, 0.4) is 0 Å². The molecule has 3 aromatic heterocycles. The van der Waals surface area contributed by atoms with E-state index in [0.717, 1.165) is 49.2 Å². The molecule has 1 N–H and O–H groups in total. The van der Waals surface area contributed by atoms with Crippen LogP contribution in [0.25, 0.3) is 5.65 Å². The van der Waals surface area contributed by atoms with Gasteiger partial charge in [0.1, 0.15) is 11.6 Å². The smallest absolute Gasteiger partial charge is 0.224 e. The summed E-state index contributed by atoms with van der Waals surface area (Å²) in [6.07, 6.45) is 7.59. The van der Waals surface area contributed by atoms with Gasteiger partial charge in [-0.25, -0.2) is 9.97 Å². The van der Waals surface area contributed by atoms with Crippen LogP contribution in [0.4, 0.5) is 11.6 Å². The van der Waals surface area contributed by atoms with Crippen LogP contribution in [0.15, 0.2) is 43.0 Å². The monoisotopic (exact) mass is 365 g/mol. The normalized spacial score (nSPS) is 14.6. The molecule has 1 fully saturated rings. The fourth-order valence-electron chi connectivity index (χ4n) is 3.41. The van der Waals surface area contributed by atoms with E-state index in [-0.39, 0.29) is 5.91 Å². The topological polar surface area (TPSA) is 78.7 Å². The molecule has 0 aliphatic carbocycles. The summed E-state index contributed by atoms with van der Waals surface area (Å²) in [5.74, 6) is 2.07. The molecule has 1 amide bonds. The highest BCUT2D eigenvalue weighted by molar-refractivity contribution is 5.77. The van der Waals surface area contributed by atoms with Crippen LogP contribution in [0.5, 0.6) is 0 Å². The number of nitrogens with zero attached hydrogens (tertiary/aromatic N) is 6. The van der Waals surface area contributed by atoms with Gasteiger partial charge in [-0.1, -0.05) is 6.07 Å². The van der Waals surface area contributed by atoms with Crippen molar-refractivity contribution in [2.45, 2.75) is 13.3 Å². The minimum atomic E-state index is 0.177. The van der Waals surface area contributed by atoms with E-state index in [1.54, 1.807) is 18.6 Å². The Morgan fingerprint density at radius 1 is 1.19 bits per heavy atom. The highest BCUT2D eigenvalue weighted by Crippen LogP contribution is 2.17. The van der Waals surface area contributed by atoms with Crippen molar-refractivity contribution in [2.24, 2.45) is 0 Å². The van der Waals surface area contributed by atoms with E-state index in [0.29, 0.717) is 13.0 Å². The van der Waals surface area contributed by atoms with Crippen molar-refractivity contribution in [3.63, 3.8) is 0 Å². The Bertz CT molecular complexity index is 916. The van der Waals surface area contributed by atoms with Crippen molar-refractivity contribution in [3.8, 4) is 0 Å². The van der Waals surface area contributed by atoms with Crippen LogP contribution < -0.4 is 10.2 Å². The molecular weight excluding hydrogens is 342 g/mol. The predicted octanol–water partition coefficient (Wildman–Crippen LogP) is 1.58. The maximum absolute atomic E-state index is 12.5. The maximum Gasteiger partial charge on any atom is 0.224 e. The van der Waals surface area contributed by atoms with Gasteiger partial charge < -0.3 is 15.1 Å². The van der Waals surface area contributed by atoms with Crippen LogP contribution in [-0.4, -0.2) is 62.9 Å². The standard InChI is InChI=1S/C19H23N7O/c1-15-19(26-9-8-20-14-17(26)23-15)22-7-5-18(27)25-12-10-24(11-13-25)16-4-2-3-6-21-16/h2-4,6,8-9,14,22H,5,7,10-13H2,1H3. The summed E-state index contributed by atoms with van der Waals surface area (Å²) in [6.45, 7) is 5.63. The molecule has 140 valence electrons. The number of fused-ring (bicyclic) bond motifs is 1. The molecule has 4 rings (SSSR count). The second-order valence-corrected chi connectivity index (χ2v) is 6.58. The molecule has 1 saturated heterocycles. The van der Waals surface area contributed by atoms with Crippen LogP contribution >= 0.6 is 0 Å². The summed E-state index contributed by atoms with van der Waals surface area (Å²) >= 11 is 0. The van der Waals surface area contributed by atoms with Crippen molar-refractivity contribution in [1.82, 2.24) is 24.3 Å². The number of carbonyl (C=O) groups is 1. The summed E-state index contributed by atoms with van der Waals surface area (Å²) in [7, 11) is 0. The van der Waals surface area contributed by atoms with E-state index in [1.807, 2.05) is 40.6 Å². The van der Waals surface area contributed by atoms with E-state index in [9.17, 15) is 4.79 Å². The number of anilines is 2. The summed E-state index contributed by atoms with van der Waals surface area (Å²) in [5, 5.41) is 3.35. The Hall–Kier alpha value is -3.16. The number of imidazole rings is 1. The Morgan fingerprint density at radius 2 is 2.04 bits per heavy atom. The Balaban J connectivity index is 1.28. The van der Waals surface area contributed by atoms with Gasteiger partial charge in [0, 0.05) is 57.7 Å². The van der Waals surface area contributed by atoms with E-state index in [2.05, 4.69) is 25.2 Å². The third-order valence-corrected chi connectivity index (χ3v) is 4.84. The van der Waals surface area contributed by atoms with Crippen molar-refractivity contribution in [2.75, 3.05) is 42.9 Å². The SMILES string of the molecule is Cc1nc2cnccn2c1NCCC(=O)N1CCN(c2ccccn2)CC1. The number of rotatable bonds is 5. The van der Waals surface area contributed by atoms with Gasteiger partial charge in [0.2, 0.25) is 5.91 Å². The molecule has 0 aromatic carbocycles. The van der Waals surface area contributed by atoms with Gasteiger partial charge in [-0.15, -0.1) is 0 Å². The zero-order valence-electron chi connectivity index (χ0n) is 15.4. The average Bonchev–Trinajstić information content (AvgIpc) is 3.04. The number of carbonyl (C=O) groups excluding carboxylic acids is 1. The molecule has 8 nitrogen and oxygen atoms in total. The lowest BCUT2D eigenvalue weighted by Crippen LogP contribution is -2.49. The fourth-order valence-corrected chi connectivity index (χ4v) is 3.41. The highest BCUT2D eigenvalue weighted by atomic mass is 16.2. The van der Waals surface area contributed by atoms with Crippen LogP contribution in [0.1, 0.15) is 12.1 Å². The third-order valence-electron chi connectivity index (χ3n) is 4.84. The Kier molecular flexibility index (Phi) is 4.86. The first-order chi connectivity index (χ1) is 13.2. The van der Waals surface area contributed by atoms with Crippen molar-refractivity contribution in [3.05, 3.63) is 48.7 Å². The maximum atomic E-state index is 12.5. The molecule has 1 aliphatic heterocycles. The molecule has 4 heterocycles. The molecule has 3 aromatic rings. The molecule has 27 heavy (non-hydrogen) atoms. The molecule has 0 spiro atoms. The number of pyridine rings is 1. The number of aromatic nitrogens is 4. The molecule has 0 saturated carbocycles.